The molecular formula is C19H23N3O. The molecule has 0 bridgehead atoms. The molecule has 1 aromatic rings. The highest BCUT2D eigenvalue weighted by atomic mass is 16.2. The van der Waals surface area contributed by atoms with E-state index in [2.05, 4.69) is 58.7 Å². The standard InChI is InChI=1S/C19H23N3O/c23-19(18-15-10-2-1-3-11-17(15)21-22-18)20-16-12-6-8-13-7-4-5-9-14(13)16/h1,3-5,7,9,11,15-16,18,21-22H,2,6,8,10,12H2,(H,20,23). The van der Waals surface area contributed by atoms with Gasteiger partial charge in [0.25, 0.3) is 0 Å². The van der Waals surface area contributed by atoms with Crippen LogP contribution in [0.15, 0.2) is 48.2 Å². The summed E-state index contributed by atoms with van der Waals surface area (Å²) in [6.07, 6.45) is 11.6. The van der Waals surface area contributed by atoms with Crippen LogP contribution in [0.5, 0.6) is 0 Å². The Balaban J connectivity index is 1.49. The molecule has 1 saturated heterocycles. The maximum absolute atomic E-state index is 12.8. The second-order valence-corrected chi connectivity index (χ2v) is 6.63. The topological polar surface area (TPSA) is 53.2 Å². The zero-order chi connectivity index (χ0) is 15.6. The molecule has 120 valence electrons. The Hall–Kier alpha value is -2.07. The van der Waals surface area contributed by atoms with Crippen molar-refractivity contribution in [2.24, 2.45) is 5.92 Å². The van der Waals surface area contributed by atoms with Gasteiger partial charge in [-0.15, -0.1) is 0 Å². The molecule has 4 rings (SSSR count). The molecule has 1 heterocycles. The lowest BCUT2D eigenvalue weighted by atomic mass is 9.87. The SMILES string of the molecule is O=C(NC1CCCc2ccccc21)C1NNC2=CC=CCCC21. The number of hydrogen-bond donors (Lipinski definition) is 3. The van der Waals surface area contributed by atoms with E-state index in [0.29, 0.717) is 0 Å². The zero-order valence-electron chi connectivity index (χ0n) is 13.2. The molecule has 0 saturated carbocycles. The Kier molecular flexibility index (Phi) is 3.92. The molecule has 1 aromatic carbocycles. The third-order valence-corrected chi connectivity index (χ3v) is 5.20. The van der Waals surface area contributed by atoms with Crippen LogP contribution in [-0.2, 0) is 11.2 Å². The molecule has 1 aliphatic heterocycles. The van der Waals surface area contributed by atoms with Crippen molar-refractivity contribution in [3.8, 4) is 0 Å². The van der Waals surface area contributed by atoms with Crippen molar-refractivity contribution < 1.29 is 4.79 Å². The number of hydrazine groups is 1. The van der Waals surface area contributed by atoms with Crippen LogP contribution >= 0.6 is 0 Å². The van der Waals surface area contributed by atoms with Gasteiger partial charge in [-0.2, -0.15) is 0 Å². The minimum Gasteiger partial charge on any atom is -0.348 e. The van der Waals surface area contributed by atoms with Crippen molar-refractivity contribution in [3.63, 3.8) is 0 Å². The second kappa shape index (κ2) is 6.20. The van der Waals surface area contributed by atoms with Crippen LogP contribution in [0.3, 0.4) is 0 Å². The predicted octanol–water partition coefficient (Wildman–Crippen LogP) is 2.51. The molecular weight excluding hydrogens is 286 g/mol. The first-order chi connectivity index (χ1) is 11.3. The fourth-order valence-corrected chi connectivity index (χ4v) is 3.98. The third kappa shape index (κ3) is 2.79. The summed E-state index contributed by atoms with van der Waals surface area (Å²) in [6, 6.07) is 8.44. The number of aryl methyl sites for hydroxylation is 1. The molecule has 0 radical (unpaired) electrons. The number of carbonyl (C=O) groups excluding carboxylic acids is 1. The minimum absolute atomic E-state index is 0.106. The fourth-order valence-electron chi connectivity index (χ4n) is 3.98. The van der Waals surface area contributed by atoms with Crippen LogP contribution in [-0.4, -0.2) is 11.9 Å². The summed E-state index contributed by atoms with van der Waals surface area (Å²) in [5.41, 5.74) is 10.2. The molecule has 0 aromatic heterocycles. The fraction of sp³-hybridized carbons (Fsp3) is 0.421. The Morgan fingerprint density at radius 1 is 1.22 bits per heavy atom. The largest absolute Gasteiger partial charge is 0.348 e. The average molecular weight is 309 g/mol. The van der Waals surface area contributed by atoms with E-state index < -0.39 is 0 Å². The number of benzene rings is 1. The van der Waals surface area contributed by atoms with Crippen LogP contribution < -0.4 is 16.2 Å². The van der Waals surface area contributed by atoms with Gasteiger partial charge in [-0.25, -0.2) is 5.43 Å². The van der Waals surface area contributed by atoms with Crippen LogP contribution in [0.4, 0.5) is 0 Å². The smallest absolute Gasteiger partial charge is 0.240 e. The first-order valence-corrected chi connectivity index (χ1v) is 8.59. The van der Waals surface area contributed by atoms with E-state index in [0.717, 1.165) is 37.8 Å². The predicted molar refractivity (Wildman–Crippen MR) is 90.3 cm³/mol. The van der Waals surface area contributed by atoms with Gasteiger partial charge < -0.3 is 10.7 Å². The third-order valence-electron chi connectivity index (χ3n) is 5.20. The van der Waals surface area contributed by atoms with Gasteiger partial charge >= 0.3 is 0 Å². The molecule has 0 spiro atoms. The quantitative estimate of drug-likeness (QED) is 0.787. The van der Waals surface area contributed by atoms with Crippen LogP contribution in [0.1, 0.15) is 42.9 Å². The van der Waals surface area contributed by atoms with Crippen molar-refractivity contribution in [2.75, 3.05) is 0 Å². The number of carbonyl (C=O) groups is 1. The average Bonchev–Trinajstić information content (AvgIpc) is 2.84. The summed E-state index contributed by atoms with van der Waals surface area (Å²) in [6.45, 7) is 0. The van der Waals surface area contributed by atoms with Gasteiger partial charge in [0, 0.05) is 11.6 Å². The van der Waals surface area contributed by atoms with E-state index >= 15 is 0 Å². The number of fused-ring (bicyclic) bond motifs is 2. The number of nitrogens with one attached hydrogen (secondary N) is 3. The highest BCUT2D eigenvalue weighted by molar-refractivity contribution is 5.83. The molecule has 3 atom stereocenters. The molecule has 23 heavy (non-hydrogen) atoms. The summed E-state index contributed by atoms with van der Waals surface area (Å²) in [4.78, 5) is 12.8. The Bertz CT molecular complexity index is 664. The van der Waals surface area contributed by atoms with Gasteiger partial charge in [-0.1, -0.05) is 36.4 Å². The van der Waals surface area contributed by atoms with E-state index in [1.54, 1.807) is 0 Å². The van der Waals surface area contributed by atoms with E-state index in [1.807, 2.05) is 0 Å². The molecule has 4 nitrogen and oxygen atoms in total. The first-order valence-electron chi connectivity index (χ1n) is 8.59. The maximum Gasteiger partial charge on any atom is 0.240 e. The highest BCUT2D eigenvalue weighted by Gasteiger charge is 2.37. The zero-order valence-corrected chi connectivity index (χ0v) is 13.2. The van der Waals surface area contributed by atoms with Gasteiger partial charge in [0.2, 0.25) is 5.91 Å². The summed E-state index contributed by atoms with van der Waals surface area (Å²) in [5, 5.41) is 3.28. The molecule has 3 N–H and O–H groups in total. The lowest BCUT2D eigenvalue weighted by Gasteiger charge is -2.28. The Labute approximate surface area is 137 Å². The number of rotatable bonds is 2. The maximum atomic E-state index is 12.8. The van der Waals surface area contributed by atoms with E-state index in [-0.39, 0.29) is 23.9 Å². The Morgan fingerprint density at radius 3 is 3.09 bits per heavy atom. The van der Waals surface area contributed by atoms with Crippen molar-refractivity contribution in [1.29, 1.82) is 0 Å². The molecule has 1 amide bonds. The van der Waals surface area contributed by atoms with Gasteiger partial charge in [0.1, 0.15) is 6.04 Å². The lowest BCUT2D eigenvalue weighted by Crippen LogP contribution is -2.47. The summed E-state index contributed by atoms with van der Waals surface area (Å²) in [7, 11) is 0. The number of amides is 1. The first kappa shape index (κ1) is 14.5. The lowest BCUT2D eigenvalue weighted by molar-refractivity contribution is -0.124. The van der Waals surface area contributed by atoms with Crippen molar-refractivity contribution in [3.05, 3.63) is 59.3 Å². The van der Waals surface area contributed by atoms with E-state index in [4.69, 9.17) is 0 Å². The van der Waals surface area contributed by atoms with Crippen molar-refractivity contribution >= 4 is 5.91 Å². The molecule has 4 heteroatoms. The molecule has 2 aliphatic carbocycles. The normalized spacial score (nSPS) is 28.9. The van der Waals surface area contributed by atoms with Crippen LogP contribution in [0, 0.1) is 5.92 Å². The number of hydrogen-bond acceptors (Lipinski definition) is 3. The minimum atomic E-state index is -0.185. The van der Waals surface area contributed by atoms with E-state index in [9.17, 15) is 4.79 Å². The van der Waals surface area contributed by atoms with Gasteiger partial charge in [-0.05, 0) is 49.3 Å². The molecule has 3 aliphatic rings. The second-order valence-electron chi connectivity index (χ2n) is 6.63. The highest BCUT2D eigenvalue weighted by Crippen LogP contribution is 2.31. The number of allylic oxidation sites excluding steroid dienone is 3. The van der Waals surface area contributed by atoms with Crippen LogP contribution in [0.25, 0.3) is 0 Å². The monoisotopic (exact) mass is 309 g/mol. The van der Waals surface area contributed by atoms with Gasteiger partial charge in [0.15, 0.2) is 0 Å². The van der Waals surface area contributed by atoms with Gasteiger partial charge in [-0.3, -0.25) is 4.79 Å². The van der Waals surface area contributed by atoms with E-state index in [1.165, 1.54) is 11.1 Å². The van der Waals surface area contributed by atoms with Crippen molar-refractivity contribution in [2.45, 2.75) is 44.2 Å². The summed E-state index contributed by atoms with van der Waals surface area (Å²) >= 11 is 0. The summed E-state index contributed by atoms with van der Waals surface area (Å²) < 4.78 is 0. The van der Waals surface area contributed by atoms with Crippen molar-refractivity contribution in [1.82, 2.24) is 16.2 Å². The molecule has 3 unspecified atom stereocenters. The van der Waals surface area contributed by atoms with Crippen LogP contribution in [0.2, 0.25) is 0 Å². The summed E-state index contributed by atoms with van der Waals surface area (Å²) in [5.74, 6) is 0.346. The van der Waals surface area contributed by atoms with Gasteiger partial charge in [0.05, 0.1) is 6.04 Å². The Morgan fingerprint density at radius 2 is 2.13 bits per heavy atom. The molecule has 1 fully saturated rings.